The van der Waals surface area contributed by atoms with E-state index in [0.717, 1.165) is 6.07 Å². The van der Waals surface area contributed by atoms with Gasteiger partial charge in [-0.3, -0.25) is 0 Å². The normalized spacial score (nSPS) is 11.1. The van der Waals surface area contributed by atoms with Crippen LogP contribution in [0.2, 0.25) is 15.1 Å². The van der Waals surface area contributed by atoms with E-state index >= 15 is 0 Å². The summed E-state index contributed by atoms with van der Waals surface area (Å²) in [7, 11) is 0. The molecule has 0 N–H and O–H groups in total. The van der Waals surface area contributed by atoms with Gasteiger partial charge in [0, 0.05) is 26.7 Å². The summed E-state index contributed by atoms with van der Waals surface area (Å²) >= 11 is 17.6. The van der Waals surface area contributed by atoms with Crippen molar-refractivity contribution >= 4 is 34.8 Å². The van der Waals surface area contributed by atoms with Crippen LogP contribution in [-0.4, -0.2) is 0 Å². The van der Waals surface area contributed by atoms with Gasteiger partial charge in [0.05, 0.1) is 5.02 Å². The van der Waals surface area contributed by atoms with Crippen LogP contribution in [0.4, 0.5) is 13.2 Å². The Morgan fingerprint density at radius 2 is 1.47 bits per heavy atom. The van der Waals surface area contributed by atoms with Gasteiger partial charge < -0.3 is 0 Å². The lowest BCUT2D eigenvalue weighted by Crippen LogP contribution is -1.93. The van der Waals surface area contributed by atoms with Crippen molar-refractivity contribution in [1.82, 2.24) is 0 Å². The smallest absolute Gasteiger partial charge is 0.206 e. The van der Waals surface area contributed by atoms with Gasteiger partial charge in [0.1, 0.15) is 5.82 Å². The van der Waals surface area contributed by atoms with E-state index in [1.54, 1.807) is 6.07 Å². The molecule has 0 bridgehead atoms. The van der Waals surface area contributed by atoms with Crippen LogP contribution in [0.25, 0.3) is 11.1 Å². The van der Waals surface area contributed by atoms with Crippen molar-refractivity contribution in [3.8, 4) is 11.1 Å². The van der Waals surface area contributed by atoms with Crippen molar-refractivity contribution in [2.75, 3.05) is 0 Å². The first-order valence-corrected chi connectivity index (χ1v) is 6.26. The summed E-state index contributed by atoms with van der Waals surface area (Å²) in [6.45, 7) is 0. The maximum absolute atomic E-state index is 13.9. The monoisotopic (exact) mass is 324 g/mol. The fourth-order valence-corrected chi connectivity index (χ4v) is 2.52. The van der Waals surface area contributed by atoms with E-state index in [4.69, 9.17) is 34.8 Å². The molecule has 0 saturated carbocycles. The minimum atomic E-state index is -2.85. The van der Waals surface area contributed by atoms with Gasteiger partial charge in [0.25, 0.3) is 6.43 Å². The van der Waals surface area contributed by atoms with E-state index in [2.05, 4.69) is 0 Å². The zero-order valence-corrected chi connectivity index (χ0v) is 11.5. The summed E-state index contributed by atoms with van der Waals surface area (Å²) in [6.07, 6.45) is -2.85. The molecule has 0 saturated heterocycles. The Bertz CT molecular complexity index is 607. The summed E-state index contributed by atoms with van der Waals surface area (Å²) in [5, 5.41) is 0.196. The number of hydrogen-bond donors (Lipinski definition) is 0. The molecule has 0 heterocycles. The highest BCUT2D eigenvalue weighted by atomic mass is 35.5. The van der Waals surface area contributed by atoms with Gasteiger partial charge in [-0.25, -0.2) is 13.2 Å². The first-order chi connectivity index (χ1) is 8.91. The maximum atomic E-state index is 13.9. The lowest BCUT2D eigenvalue weighted by molar-refractivity contribution is 0.151. The first-order valence-electron chi connectivity index (χ1n) is 5.13. The number of hydrogen-bond acceptors (Lipinski definition) is 0. The molecule has 0 nitrogen and oxygen atoms in total. The van der Waals surface area contributed by atoms with E-state index in [9.17, 15) is 13.2 Å². The van der Waals surface area contributed by atoms with Gasteiger partial charge in [0.15, 0.2) is 0 Å². The second-order valence-electron chi connectivity index (χ2n) is 3.75. The molecule has 100 valence electrons. The quantitative estimate of drug-likeness (QED) is 0.600. The largest absolute Gasteiger partial charge is 0.265 e. The average Bonchev–Trinajstić information content (AvgIpc) is 2.32. The third-order valence-corrected chi connectivity index (χ3v) is 3.51. The van der Waals surface area contributed by atoms with Crippen LogP contribution in [-0.2, 0) is 0 Å². The molecule has 2 rings (SSSR count). The van der Waals surface area contributed by atoms with Gasteiger partial charge in [-0.05, 0) is 24.3 Å². The van der Waals surface area contributed by atoms with Crippen molar-refractivity contribution < 1.29 is 13.2 Å². The summed E-state index contributed by atoms with van der Waals surface area (Å²) in [5.41, 5.74) is -0.345. The molecule has 0 fully saturated rings. The maximum Gasteiger partial charge on any atom is 0.265 e. The molecule has 6 heteroatoms. The molecule has 0 aliphatic carbocycles. The Kier molecular flexibility index (Phi) is 4.29. The summed E-state index contributed by atoms with van der Waals surface area (Å²) in [4.78, 5) is 0. The molecular formula is C13H6Cl3F3. The molecule has 19 heavy (non-hydrogen) atoms. The van der Waals surface area contributed by atoms with E-state index < -0.39 is 17.8 Å². The highest BCUT2D eigenvalue weighted by Crippen LogP contribution is 2.39. The van der Waals surface area contributed by atoms with Gasteiger partial charge >= 0.3 is 0 Å². The highest BCUT2D eigenvalue weighted by Gasteiger charge is 2.19. The Labute approximate surface area is 122 Å². The van der Waals surface area contributed by atoms with E-state index in [1.807, 2.05) is 0 Å². The van der Waals surface area contributed by atoms with Crippen molar-refractivity contribution in [2.45, 2.75) is 6.43 Å². The Morgan fingerprint density at radius 3 is 2.00 bits per heavy atom. The first kappa shape index (κ1) is 14.5. The predicted molar refractivity (Wildman–Crippen MR) is 71.8 cm³/mol. The molecular weight excluding hydrogens is 319 g/mol. The zero-order chi connectivity index (χ0) is 14.2. The number of alkyl halides is 2. The Morgan fingerprint density at radius 1 is 0.895 bits per heavy atom. The van der Waals surface area contributed by atoms with Gasteiger partial charge in [-0.2, -0.15) is 0 Å². The molecule has 0 unspecified atom stereocenters. The van der Waals surface area contributed by atoms with Crippen molar-refractivity contribution in [2.24, 2.45) is 0 Å². The van der Waals surface area contributed by atoms with Crippen LogP contribution in [0.5, 0.6) is 0 Å². The predicted octanol–water partition coefficient (Wildman–Crippen LogP) is 6.39. The fourth-order valence-electron chi connectivity index (χ4n) is 1.68. The highest BCUT2D eigenvalue weighted by molar-refractivity contribution is 6.39. The molecule has 0 aliphatic heterocycles. The number of benzene rings is 2. The van der Waals surface area contributed by atoms with E-state index in [0.29, 0.717) is 6.07 Å². The van der Waals surface area contributed by atoms with Crippen molar-refractivity contribution in [3.63, 3.8) is 0 Å². The van der Waals surface area contributed by atoms with Gasteiger partial charge in [-0.1, -0.05) is 40.9 Å². The number of halogens is 6. The second-order valence-corrected chi connectivity index (χ2v) is 4.97. The van der Waals surface area contributed by atoms with Crippen molar-refractivity contribution in [3.05, 3.63) is 56.8 Å². The van der Waals surface area contributed by atoms with Crippen LogP contribution in [0, 0.1) is 5.82 Å². The van der Waals surface area contributed by atoms with E-state index in [-0.39, 0.29) is 26.2 Å². The molecule has 2 aromatic carbocycles. The molecule has 0 atom stereocenters. The second kappa shape index (κ2) is 5.61. The number of rotatable bonds is 2. The van der Waals surface area contributed by atoms with Gasteiger partial charge in [0.2, 0.25) is 0 Å². The summed E-state index contributed by atoms with van der Waals surface area (Å²) < 4.78 is 39.1. The summed E-state index contributed by atoms with van der Waals surface area (Å²) in [6, 6.07) is 6.45. The molecule has 0 aromatic heterocycles. The van der Waals surface area contributed by atoms with E-state index in [1.165, 1.54) is 12.1 Å². The van der Waals surface area contributed by atoms with Crippen LogP contribution in [0.15, 0.2) is 30.3 Å². The minimum absolute atomic E-state index is 0.00926. The fraction of sp³-hybridized carbons (Fsp3) is 0.0769. The summed E-state index contributed by atoms with van der Waals surface area (Å²) in [5.74, 6) is -0.852. The molecule has 0 amide bonds. The lowest BCUT2D eigenvalue weighted by Gasteiger charge is -2.11. The van der Waals surface area contributed by atoms with Crippen molar-refractivity contribution in [1.29, 1.82) is 0 Å². The SMILES string of the molecule is Fc1cc(C(F)F)c(Cl)cc1-c1c(Cl)cccc1Cl. The van der Waals surface area contributed by atoms with Crippen LogP contribution in [0.1, 0.15) is 12.0 Å². The Balaban J connectivity index is 2.68. The molecule has 0 spiro atoms. The third kappa shape index (κ3) is 2.83. The van der Waals surface area contributed by atoms with Crippen LogP contribution < -0.4 is 0 Å². The Hall–Kier alpha value is -0.900. The average molecular weight is 326 g/mol. The zero-order valence-electron chi connectivity index (χ0n) is 9.23. The van der Waals surface area contributed by atoms with Crippen LogP contribution in [0.3, 0.4) is 0 Å². The van der Waals surface area contributed by atoms with Gasteiger partial charge in [-0.15, -0.1) is 0 Å². The molecule has 0 aliphatic rings. The topological polar surface area (TPSA) is 0 Å². The van der Waals surface area contributed by atoms with Crippen LogP contribution >= 0.6 is 34.8 Å². The lowest BCUT2D eigenvalue weighted by atomic mass is 10.0. The molecule has 0 radical (unpaired) electrons. The third-order valence-electron chi connectivity index (χ3n) is 2.55. The minimum Gasteiger partial charge on any atom is -0.206 e. The molecule has 2 aromatic rings. The standard InChI is InChI=1S/C13H6Cl3F3/c14-8-2-1-3-9(15)12(8)7-4-10(16)6(13(18)19)5-11(7)17/h1-5,13H.